The number of rotatable bonds is 6. The Morgan fingerprint density at radius 1 is 1.56 bits per heavy atom. The van der Waals surface area contributed by atoms with E-state index in [1.807, 2.05) is 4.90 Å². The van der Waals surface area contributed by atoms with Gasteiger partial charge in [-0.1, -0.05) is 19.1 Å². The Morgan fingerprint density at radius 3 is 2.81 bits per heavy atom. The lowest BCUT2D eigenvalue weighted by atomic mass is 10.2. The van der Waals surface area contributed by atoms with Crippen molar-refractivity contribution in [3.63, 3.8) is 0 Å². The van der Waals surface area contributed by atoms with Gasteiger partial charge < -0.3 is 15.4 Å². The van der Waals surface area contributed by atoms with Gasteiger partial charge >= 0.3 is 0 Å². The third-order valence-electron chi connectivity index (χ3n) is 2.64. The molecule has 1 unspecified atom stereocenters. The summed E-state index contributed by atoms with van der Waals surface area (Å²) in [5, 5.41) is 0. The molecule has 0 aromatic heterocycles. The van der Waals surface area contributed by atoms with Crippen LogP contribution in [0.15, 0.2) is 0 Å². The SMILES string of the molecule is CCCN(CCC(N)=S)C(=O)C1CCCO1. The summed E-state index contributed by atoms with van der Waals surface area (Å²) in [6, 6.07) is 0. The monoisotopic (exact) mass is 244 g/mol. The van der Waals surface area contributed by atoms with E-state index < -0.39 is 0 Å². The summed E-state index contributed by atoms with van der Waals surface area (Å²) in [5.41, 5.74) is 5.45. The van der Waals surface area contributed by atoms with Gasteiger partial charge in [0.05, 0.1) is 4.99 Å². The predicted octanol–water partition coefficient (Wildman–Crippen LogP) is 1.08. The van der Waals surface area contributed by atoms with Crippen molar-refractivity contribution in [3.05, 3.63) is 0 Å². The van der Waals surface area contributed by atoms with Crippen molar-refractivity contribution in [3.8, 4) is 0 Å². The van der Waals surface area contributed by atoms with Gasteiger partial charge in [-0.2, -0.15) is 0 Å². The second-order valence-electron chi connectivity index (χ2n) is 4.04. The van der Waals surface area contributed by atoms with Crippen molar-refractivity contribution in [1.82, 2.24) is 4.90 Å². The molecular formula is C11H20N2O2S. The quantitative estimate of drug-likeness (QED) is 0.710. The van der Waals surface area contributed by atoms with Crippen LogP contribution in [0.4, 0.5) is 0 Å². The smallest absolute Gasteiger partial charge is 0.251 e. The first kappa shape index (κ1) is 13.4. The molecule has 5 heteroatoms. The maximum absolute atomic E-state index is 12.1. The molecule has 1 atom stereocenters. The maximum Gasteiger partial charge on any atom is 0.251 e. The van der Waals surface area contributed by atoms with E-state index in [2.05, 4.69) is 6.92 Å². The van der Waals surface area contributed by atoms with Gasteiger partial charge in [0.25, 0.3) is 5.91 Å². The van der Waals surface area contributed by atoms with Gasteiger partial charge in [0.1, 0.15) is 6.10 Å². The Hall–Kier alpha value is -0.680. The lowest BCUT2D eigenvalue weighted by Crippen LogP contribution is -2.40. The van der Waals surface area contributed by atoms with E-state index in [1.54, 1.807) is 0 Å². The fraction of sp³-hybridized carbons (Fsp3) is 0.818. The molecule has 92 valence electrons. The summed E-state index contributed by atoms with van der Waals surface area (Å²) in [7, 11) is 0. The molecule has 4 nitrogen and oxygen atoms in total. The Morgan fingerprint density at radius 2 is 2.31 bits per heavy atom. The van der Waals surface area contributed by atoms with Crippen LogP contribution in [0.25, 0.3) is 0 Å². The minimum atomic E-state index is -0.238. The molecular weight excluding hydrogens is 224 g/mol. The summed E-state index contributed by atoms with van der Waals surface area (Å²) in [6.07, 6.45) is 3.11. The molecule has 0 bridgehead atoms. The van der Waals surface area contributed by atoms with E-state index in [4.69, 9.17) is 22.7 Å². The number of nitrogens with zero attached hydrogens (tertiary/aromatic N) is 1. The van der Waals surface area contributed by atoms with Crippen molar-refractivity contribution < 1.29 is 9.53 Å². The first-order chi connectivity index (χ1) is 7.65. The average Bonchev–Trinajstić information content (AvgIpc) is 2.76. The lowest BCUT2D eigenvalue weighted by molar-refractivity contribution is -0.140. The van der Waals surface area contributed by atoms with E-state index in [0.29, 0.717) is 24.6 Å². The summed E-state index contributed by atoms with van der Waals surface area (Å²) in [5.74, 6) is 0.0931. The fourth-order valence-electron chi connectivity index (χ4n) is 1.82. The first-order valence-corrected chi connectivity index (χ1v) is 6.24. The molecule has 1 saturated heterocycles. The van der Waals surface area contributed by atoms with Crippen LogP contribution in [0.3, 0.4) is 0 Å². The van der Waals surface area contributed by atoms with Crippen LogP contribution >= 0.6 is 12.2 Å². The Bertz CT molecular complexity index is 252. The number of thiocarbonyl (C=S) groups is 1. The number of amides is 1. The van der Waals surface area contributed by atoms with Gasteiger partial charge in [-0.05, 0) is 19.3 Å². The zero-order valence-electron chi connectivity index (χ0n) is 9.78. The van der Waals surface area contributed by atoms with Crippen LogP contribution in [0.2, 0.25) is 0 Å². The van der Waals surface area contributed by atoms with Crippen molar-refractivity contribution in [1.29, 1.82) is 0 Å². The number of carbonyl (C=O) groups excluding carboxylic acids is 1. The number of hydrogen-bond donors (Lipinski definition) is 1. The molecule has 1 aliphatic rings. The van der Waals surface area contributed by atoms with Crippen molar-refractivity contribution in [2.75, 3.05) is 19.7 Å². The van der Waals surface area contributed by atoms with Crippen molar-refractivity contribution >= 4 is 23.1 Å². The molecule has 0 saturated carbocycles. The standard InChI is InChI=1S/C11H20N2O2S/c1-2-6-13(7-5-10(12)16)11(14)9-4-3-8-15-9/h9H,2-8H2,1H3,(H2,12,16). The van der Waals surface area contributed by atoms with Gasteiger partial charge in [0.2, 0.25) is 0 Å². The van der Waals surface area contributed by atoms with Crippen LogP contribution in [0.1, 0.15) is 32.6 Å². The Balaban J connectivity index is 2.46. The first-order valence-electron chi connectivity index (χ1n) is 5.83. The van der Waals surface area contributed by atoms with Crippen molar-refractivity contribution in [2.45, 2.75) is 38.7 Å². The molecule has 0 aliphatic carbocycles. The van der Waals surface area contributed by atoms with Crippen LogP contribution in [-0.2, 0) is 9.53 Å². The fourth-order valence-corrected chi connectivity index (χ4v) is 1.91. The van der Waals surface area contributed by atoms with Gasteiger partial charge in [-0.15, -0.1) is 0 Å². The summed E-state index contributed by atoms with van der Waals surface area (Å²) in [6.45, 7) is 4.12. The molecule has 0 aromatic rings. The highest BCUT2D eigenvalue weighted by atomic mass is 32.1. The Labute approximate surface area is 102 Å². The van der Waals surface area contributed by atoms with E-state index in [0.717, 1.165) is 25.8 Å². The zero-order valence-corrected chi connectivity index (χ0v) is 10.6. The van der Waals surface area contributed by atoms with Crippen LogP contribution in [0.5, 0.6) is 0 Å². The summed E-state index contributed by atoms with van der Waals surface area (Å²) in [4.78, 5) is 14.3. The number of carbonyl (C=O) groups is 1. The van der Waals surface area contributed by atoms with Gasteiger partial charge in [-0.25, -0.2) is 0 Å². The van der Waals surface area contributed by atoms with Gasteiger partial charge in [0.15, 0.2) is 0 Å². The Kier molecular flexibility index (Phi) is 5.69. The second kappa shape index (κ2) is 6.81. The zero-order chi connectivity index (χ0) is 12.0. The normalized spacial score (nSPS) is 19.7. The lowest BCUT2D eigenvalue weighted by Gasteiger charge is -2.24. The third-order valence-corrected chi connectivity index (χ3v) is 2.84. The maximum atomic E-state index is 12.1. The van der Waals surface area contributed by atoms with Gasteiger partial charge in [-0.3, -0.25) is 4.79 Å². The predicted molar refractivity (Wildman–Crippen MR) is 67.2 cm³/mol. The van der Waals surface area contributed by atoms with Crippen molar-refractivity contribution in [2.24, 2.45) is 5.73 Å². The molecule has 2 N–H and O–H groups in total. The molecule has 1 heterocycles. The molecule has 1 rings (SSSR count). The minimum absolute atomic E-state index is 0.0931. The van der Waals surface area contributed by atoms with E-state index in [1.165, 1.54) is 0 Å². The molecule has 16 heavy (non-hydrogen) atoms. The van der Waals surface area contributed by atoms with Gasteiger partial charge in [0, 0.05) is 26.1 Å². The van der Waals surface area contributed by atoms with Crippen LogP contribution in [-0.4, -0.2) is 41.6 Å². The number of ether oxygens (including phenoxy) is 1. The van der Waals surface area contributed by atoms with E-state index >= 15 is 0 Å². The summed E-state index contributed by atoms with van der Waals surface area (Å²) < 4.78 is 5.39. The molecule has 0 radical (unpaired) electrons. The number of hydrogen-bond acceptors (Lipinski definition) is 3. The second-order valence-corrected chi connectivity index (χ2v) is 4.57. The highest BCUT2D eigenvalue weighted by Crippen LogP contribution is 2.15. The number of nitrogens with two attached hydrogens (primary N) is 1. The molecule has 0 spiro atoms. The van der Waals surface area contributed by atoms with Crippen LogP contribution in [0, 0.1) is 0 Å². The molecule has 1 amide bonds. The third kappa shape index (κ3) is 4.06. The van der Waals surface area contributed by atoms with E-state index in [9.17, 15) is 4.79 Å². The largest absolute Gasteiger partial charge is 0.393 e. The average molecular weight is 244 g/mol. The highest BCUT2D eigenvalue weighted by molar-refractivity contribution is 7.80. The van der Waals surface area contributed by atoms with Crippen LogP contribution < -0.4 is 5.73 Å². The molecule has 1 aliphatic heterocycles. The highest BCUT2D eigenvalue weighted by Gasteiger charge is 2.27. The van der Waals surface area contributed by atoms with E-state index in [-0.39, 0.29) is 12.0 Å². The molecule has 0 aromatic carbocycles. The minimum Gasteiger partial charge on any atom is -0.393 e. The molecule has 1 fully saturated rings. The summed E-state index contributed by atoms with van der Waals surface area (Å²) >= 11 is 4.83. The topological polar surface area (TPSA) is 55.6 Å².